The van der Waals surface area contributed by atoms with Crippen LogP contribution in [-0.2, 0) is 11.2 Å². The molecular formula is C22H21N5OS2. The molecule has 0 radical (unpaired) electrons. The van der Waals surface area contributed by atoms with E-state index in [1.54, 1.807) is 4.90 Å². The largest absolute Gasteiger partial charge is 0.378 e. The Morgan fingerprint density at radius 1 is 1.07 bits per heavy atom. The number of anilines is 2. The summed E-state index contributed by atoms with van der Waals surface area (Å²) in [6.45, 7) is 2.03. The van der Waals surface area contributed by atoms with E-state index < -0.39 is 0 Å². The summed E-state index contributed by atoms with van der Waals surface area (Å²) in [6, 6.07) is 17.6. The number of para-hydroxylation sites is 1. The first-order chi connectivity index (χ1) is 14.5. The lowest BCUT2D eigenvalue weighted by Gasteiger charge is -2.14. The molecule has 3 aromatic rings. The Bertz CT molecular complexity index is 1100. The maximum atomic E-state index is 13.3. The van der Waals surface area contributed by atoms with Gasteiger partial charge in [0.2, 0.25) is 5.13 Å². The molecular weight excluding hydrogens is 414 g/mol. The van der Waals surface area contributed by atoms with Crippen molar-refractivity contribution in [1.29, 1.82) is 0 Å². The highest BCUT2D eigenvalue weighted by atomic mass is 32.2. The zero-order valence-electron chi connectivity index (χ0n) is 16.9. The van der Waals surface area contributed by atoms with Gasteiger partial charge in [0.1, 0.15) is 5.01 Å². The number of carbonyl (C=O) groups is 1. The number of hydrogen-bond donors (Lipinski definition) is 0. The van der Waals surface area contributed by atoms with Gasteiger partial charge < -0.3 is 4.90 Å². The van der Waals surface area contributed by atoms with Gasteiger partial charge >= 0.3 is 0 Å². The third-order valence-electron chi connectivity index (χ3n) is 4.48. The highest BCUT2D eigenvalue weighted by Crippen LogP contribution is 2.37. The quantitative estimate of drug-likeness (QED) is 0.529. The first-order valence-electron chi connectivity index (χ1n) is 9.52. The van der Waals surface area contributed by atoms with Crippen LogP contribution in [-0.4, -0.2) is 35.4 Å². The number of amides is 1. The molecule has 30 heavy (non-hydrogen) atoms. The van der Waals surface area contributed by atoms with Gasteiger partial charge in [-0.2, -0.15) is 4.99 Å². The maximum absolute atomic E-state index is 13.3. The van der Waals surface area contributed by atoms with Crippen LogP contribution in [0.15, 0.2) is 64.5 Å². The summed E-state index contributed by atoms with van der Waals surface area (Å²) in [5.74, 6) is -0.0955. The van der Waals surface area contributed by atoms with Gasteiger partial charge in [-0.15, -0.1) is 10.2 Å². The zero-order chi connectivity index (χ0) is 21.1. The van der Waals surface area contributed by atoms with E-state index in [2.05, 4.69) is 15.2 Å². The van der Waals surface area contributed by atoms with Gasteiger partial charge in [0, 0.05) is 19.8 Å². The normalized spacial score (nSPS) is 16.6. The standard InChI is InChI=1S/C22H21N5OS2/c1-4-19-24-25-21(30-19)23-22-27(17-8-6-5-7-9-17)20(28)18(29-22)14-15-10-12-16(13-11-15)26(2)3/h5-14H,4H2,1-3H3/b18-14+,23-22-. The van der Waals surface area contributed by atoms with Crippen molar-refractivity contribution in [1.82, 2.24) is 10.2 Å². The van der Waals surface area contributed by atoms with Crippen molar-refractivity contribution in [2.45, 2.75) is 13.3 Å². The van der Waals surface area contributed by atoms with Gasteiger partial charge in [-0.1, -0.05) is 48.6 Å². The number of aryl methyl sites for hydroxylation is 1. The SMILES string of the molecule is CCc1nnc(/N=C2\S/C(=C/c3ccc(N(C)C)cc3)C(=O)N2c2ccccc2)s1. The summed E-state index contributed by atoms with van der Waals surface area (Å²) in [6.07, 6.45) is 2.72. The number of aliphatic imine (C=N–C) groups is 1. The van der Waals surface area contributed by atoms with Crippen molar-refractivity contribution < 1.29 is 4.79 Å². The number of benzene rings is 2. The van der Waals surface area contributed by atoms with Crippen molar-refractivity contribution >= 4 is 56.8 Å². The van der Waals surface area contributed by atoms with Crippen LogP contribution >= 0.6 is 23.1 Å². The molecule has 1 aliphatic rings. The van der Waals surface area contributed by atoms with E-state index in [9.17, 15) is 4.79 Å². The maximum Gasteiger partial charge on any atom is 0.271 e. The van der Waals surface area contributed by atoms with Crippen molar-refractivity contribution in [2.75, 3.05) is 23.9 Å². The van der Waals surface area contributed by atoms with E-state index >= 15 is 0 Å². The number of nitrogens with zero attached hydrogens (tertiary/aromatic N) is 5. The summed E-state index contributed by atoms with van der Waals surface area (Å²) < 4.78 is 0. The first kappa shape index (κ1) is 20.3. The molecule has 1 saturated heterocycles. The van der Waals surface area contributed by atoms with Gasteiger partial charge in [-0.05, 0) is 54.1 Å². The van der Waals surface area contributed by atoms with Crippen LogP contribution in [0, 0.1) is 0 Å². The highest BCUT2D eigenvalue weighted by Gasteiger charge is 2.35. The lowest BCUT2D eigenvalue weighted by molar-refractivity contribution is -0.113. The van der Waals surface area contributed by atoms with Gasteiger partial charge in [0.15, 0.2) is 5.17 Å². The topological polar surface area (TPSA) is 61.7 Å². The molecule has 0 spiro atoms. The van der Waals surface area contributed by atoms with Gasteiger partial charge in [-0.3, -0.25) is 9.69 Å². The fourth-order valence-corrected chi connectivity index (χ4v) is 4.58. The molecule has 0 unspecified atom stereocenters. The molecule has 0 saturated carbocycles. The monoisotopic (exact) mass is 435 g/mol. The predicted octanol–water partition coefficient (Wildman–Crippen LogP) is 4.98. The minimum atomic E-state index is -0.0955. The molecule has 8 heteroatoms. The number of carbonyl (C=O) groups excluding carboxylic acids is 1. The third-order valence-corrected chi connectivity index (χ3v) is 6.41. The molecule has 6 nitrogen and oxygen atoms in total. The number of thioether (sulfide) groups is 1. The van der Waals surface area contributed by atoms with Crippen molar-refractivity contribution in [2.24, 2.45) is 4.99 Å². The second-order valence-corrected chi connectivity index (χ2v) is 8.85. The molecule has 0 atom stereocenters. The van der Waals surface area contributed by atoms with Crippen LogP contribution < -0.4 is 9.80 Å². The Hall–Kier alpha value is -2.97. The van der Waals surface area contributed by atoms with Gasteiger partial charge in [0.05, 0.1) is 10.6 Å². The van der Waals surface area contributed by atoms with Crippen LogP contribution in [0.3, 0.4) is 0 Å². The summed E-state index contributed by atoms with van der Waals surface area (Å²) in [5, 5.41) is 10.3. The molecule has 1 amide bonds. The molecule has 0 bridgehead atoms. The van der Waals surface area contributed by atoms with E-state index in [-0.39, 0.29) is 5.91 Å². The molecule has 4 rings (SSSR count). The second kappa shape index (κ2) is 8.81. The Morgan fingerprint density at radius 3 is 2.43 bits per heavy atom. The fraction of sp³-hybridized carbons (Fsp3) is 0.182. The number of aromatic nitrogens is 2. The first-order valence-corrected chi connectivity index (χ1v) is 11.2. The smallest absolute Gasteiger partial charge is 0.271 e. The Kier molecular flexibility index (Phi) is 5.96. The molecule has 2 aromatic carbocycles. The number of amidine groups is 1. The average molecular weight is 436 g/mol. The molecule has 2 heterocycles. The summed E-state index contributed by atoms with van der Waals surface area (Å²) in [7, 11) is 4.00. The van der Waals surface area contributed by atoms with Gasteiger partial charge in [-0.25, -0.2) is 0 Å². The van der Waals surface area contributed by atoms with Crippen LogP contribution in [0.4, 0.5) is 16.5 Å². The summed E-state index contributed by atoms with van der Waals surface area (Å²) in [5.41, 5.74) is 2.86. The third kappa shape index (κ3) is 4.29. The molecule has 0 N–H and O–H groups in total. The molecule has 1 aromatic heterocycles. The van der Waals surface area contributed by atoms with E-state index in [0.717, 1.165) is 28.4 Å². The van der Waals surface area contributed by atoms with Crippen LogP contribution in [0.5, 0.6) is 0 Å². The minimum Gasteiger partial charge on any atom is -0.378 e. The highest BCUT2D eigenvalue weighted by molar-refractivity contribution is 8.19. The van der Waals surface area contributed by atoms with E-state index in [1.807, 2.05) is 86.6 Å². The number of hydrogen-bond acceptors (Lipinski definition) is 7. The molecule has 1 aliphatic heterocycles. The summed E-state index contributed by atoms with van der Waals surface area (Å²) >= 11 is 2.80. The van der Waals surface area contributed by atoms with Crippen molar-refractivity contribution in [3.8, 4) is 0 Å². The van der Waals surface area contributed by atoms with Crippen LogP contribution in [0.25, 0.3) is 6.08 Å². The van der Waals surface area contributed by atoms with Crippen molar-refractivity contribution in [3.63, 3.8) is 0 Å². The Morgan fingerprint density at radius 2 is 1.80 bits per heavy atom. The van der Waals surface area contributed by atoms with E-state index in [1.165, 1.54) is 23.1 Å². The Labute approximate surface area is 184 Å². The molecule has 0 aliphatic carbocycles. The lowest BCUT2D eigenvalue weighted by Crippen LogP contribution is -2.28. The van der Waals surface area contributed by atoms with Crippen molar-refractivity contribution in [3.05, 3.63) is 70.1 Å². The Balaban J connectivity index is 1.71. The van der Waals surface area contributed by atoms with Gasteiger partial charge in [0.25, 0.3) is 5.91 Å². The fourth-order valence-electron chi connectivity index (χ4n) is 2.89. The van der Waals surface area contributed by atoms with Crippen LogP contribution in [0.2, 0.25) is 0 Å². The molecule has 152 valence electrons. The van der Waals surface area contributed by atoms with Crippen LogP contribution in [0.1, 0.15) is 17.5 Å². The minimum absolute atomic E-state index is 0.0955. The van der Waals surface area contributed by atoms with E-state index in [0.29, 0.717) is 15.2 Å². The lowest BCUT2D eigenvalue weighted by atomic mass is 10.2. The number of rotatable bonds is 5. The second-order valence-electron chi connectivity index (χ2n) is 6.80. The average Bonchev–Trinajstić information content (AvgIpc) is 3.33. The molecule has 1 fully saturated rings. The zero-order valence-corrected chi connectivity index (χ0v) is 18.6. The van der Waals surface area contributed by atoms with E-state index in [4.69, 9.17) is 0 Å². The summed E-state index contributed by atoms with van der Waals surface area (Å²) in [4.78, 5) is 22.2. The predicted molar refractivity (Wildman–Crippen MR) is 127 cm³/mol.